The molecule has 0 amide bonds. The lowest BCUT2D eigenvalue weighted by molar-refractivity contribution is 0.0856. The largest absolute Gasteiger partial charge is 0.291 e. The molecule has 1 unspecified atom stereocenters. The van der Waals surface area contributed by atoms with Crippen LogP contribution in [-0.4, -0.2) is 22.2 Å². The number of aryl methyl sites for hydroxylation is 1. The highest BCUT2D eigenvalue weighted by Gasteiger charge is 2.30. The van der Waals surface area contributed by atoms with Gasteiger partial charge in [0, 0.05) is 10.9 Å². The second-order valence-electron chi connectivity index (χ2n) is 3.93. The maximum atomic E-state index is 13.3. The number of rotatable bonds is 0. The maximum absolute atomic E-state index is 13.3. The van der Waals surface area contributed by atoms with E-state index in [1.54, 1.807) is 6.20 Å². The van der Waals surface area contributed by atoms with E-state index in [0.717, 1.165) is 11.1 Å². The van der Waals surface area contributed by atoms with Gasteiger partial charge in [0.05, 0.1) is 16.7 Å². The Morgan fingerprint density at radius 3 is 3.19 bits per heavy atom. The average Bonchev–Trinajstić information content (AvgIpc) is 2.72. The van der Waals surface area contributed by atoms with Gasteiger partial charge in [0.15, 0.2) is 12.0 Å². The number of aromatic amines is 1. The summed E-state index contributed by atoms with van der Waals surface area (Å²) in [4.78, 5) is 11.7. The summed E-state index contributed by atoms with van der Waals surface area (Å²) in [6.45, 7) is 0. The van der Waals surface area contributed by atoms with Gasteiger partial charge in [0.2, 0.25) is 0 Å². The lowest BCUT2D eigenvalue weighted by atomic mass is 9.88. The molecule has 1 aliphatic rings. The molecule has 1 aromatic carbocycles. The second-order valence-corrected chi connectivity index (χ2v) is 4.30. The normalized spacial score (nSPS) is 20.1. The molecule has 16 heavy (non-hydrogen) atoms. The van der Waals surface area contributed by atoms with E-state index in [4.69, 9.17) is 11.6 Å². The monoisotopic (exact) mass is 238 g/mol. The zero-order valence-electron chi connectivity index (χ0n) is 8.26. The number of Topliss-reactive ketones (excluding diaryl/α,β-unsaturated/α-hetero) is 1. The van der Waals surface area contributed by atoms with E-state index in [0.29, 0.717) is 22.4 Å². The minimum atomic E-state index is -1.42. The summed E-state index contributed by atoms with van der Waals surface area (Å²) < 4.78 is 13.3. The molecule has 0 spiro atoms. The van der Waals surface area contributed by atoms with Crippen molar-refractivity contribution in [3.8, 4) is 0 Å². The van der Waals surface area contributed by atoms with E-state index in [1.165, 1.54) is 0 Å². The van der Waals surface area contributed by atoms with E-state index < -0.39 is 12.0 Å². The topological polar surface area (TPSA) is 45.8 Å². The van der Waals surface area contributed by atoms with Gasteiger partial charge in [-0.1, -0.05) is 11.6 Å². The van der Waals surface area contributed by atoms with E-state index in [-0.39, 0.29) is 6.42 Å². The number of hydrogen-bond donors (Lipinski definition) is 1. The van der Waals surface area contributed by atoms with Gasteiger partial charge in [-0.3, -0.25) is 9.89 Å². The van der Waals surface area contributed by atoms with Crippen molar-refractivity contribution in [1.82, 2.24) is 10.2 Å². The van der Waals surface area contributed by atoms with Gasteiger partial charge in [-0.25, -0.2) is 4.39 Å². The molecule has 3 nitrogen and oxygen atoms in total. The predicted molar refractivity (Wildman–Crippen MR) is 58.7 cm³/mol. The molecule has 1 aliphatic carbocycles. The predicted octanol–water partition coefficient (Wildman–Crippen LogP) is 2.68. The molecular weight excluding hydrogens is 231 g/mol. The van der Waals surface area contributed by atoms with Crippen molar-refractivity contribution >= 4 is 28.3 Å². The van der Waals surface area contributed by atoms with Crippen molar-refractivity contribution in [2.24, 2.45) is 0 Å². The Balaban J connectivity index is 2.36. The third kappa shape index (κ3) is 1.19. The zero-order valence-corrected chi connectivity index (χ0v) is 9.01. The number of benzene rings is 1. The van der Waals surface area contributed by atoms with Gasteiger partial charge < -0.3 is 0 Å². The van der Waals surface area contributed by atoms with Gasteiger partial charge in [0.25, 0.3) is 0 Å². The van der Waals surface area contributed by atoms with Gasteiger partial charge in [-0.15, -0.1) is 0 Å². The van der Waals surface area contributed by atoms with E-state index >= 15 is 0 Å². The highest BCUT2D eigenvalue weighted by atomic mass is 35.5. The van der Waals surface area contributed by atoms with Crippen molar-refractivity contribution in [3.05, 3.63) is 28.4 Å². The molecule has 0 bridgehead atoms. The molecule has 0 radical (unpaired) electrons. The van der Waals surface area contributed by atoms with Crippen LogP contribution in [0.3, 0.4) is 0 Å². The molecule has 82 valence electrons. The molecular formula is C11H8ClFN2O. The third-order valence-corrected chi connectivity index (χ3v) is 3.36. The molecule has 0 saturated heterocycles. The first-order valence-corrected chi connectivity index (χ1v) is 5.39. The SMILES string of the molecule is O=C1c2c(cc3[nH]ncc3c2Cl)CCC1F. The van der Waals surface area contributed by atoms with Crippen molar-refractivity contribution in [3.63, 3.8) is 0 Å². The van der Waals surface area contributed by atoms with Gasteiger partial charge >= 0.3 is 0 Å². The molecule has 1 N–H and O–H groups in total. The highest BCUT2D eigenvalue weighted by Crippen LogP contribution is 2.34. The summed E-state index contributed by atoms with van der Waals surface area (Å²) in [5.41, 5.74) is 1.92. The lowest BCUT2D eigenvalue weighted by Crippen LogP contribution is -2.24. The van der Waals surface area contributed by atoms with Crippen LogP contribution in [0.2, 0.25) is 5.02 Å². The number of carbonyl (C=O) groups excluding carboxylic acids is 1. The fourth-order valence-corrected chi connectivity index (χ4v) is 2.50. The van der Waals surface area contributed by atoms with Crippen molar-refractivity contribution in [2.75, 3.05) is 0 Å². The quantitative estimate of drug-likeness (QED) is 0.767. The summed E-state index contributed by atoms with van der Waals surface area (Å²) in [6.07, 6.45) is 0.903. The summed E-state index contributed by atoms with van der Waals surface area (Å²) in [5.74, 6) is -0.505. The Hall–Kier alpha value is -1.42. The molecule has 1 heterocycles. The Labute approximate surface area is 95.6 Å². The van der Waals surface area contributed by atoms with Gasteiger partial charge in [-0.05, 0) is 24.5 Å². The van der Waals surface area contributed by atoms with Crippen LogP contribution in [0.4, 0.5) is 4.39 Å². The number of aromatic nitrogens is 2. The molecule has 2 aromatic rings. The summed E-state index contributed by atoms with van der Waals surface area (Å²) in [7, 11) is 0. The van der Waals surface area contributed by atoms with Crippen LogP contribution in [-0.2, 0) is 6.42 Å². The zero-order chi connectivity index (χ0) is 11.3. The number of H-pyrrole nitrogens is 1. The molecule has 0 fully saturated rings. The Bertz CT molecular complexity index is 593. The van der Waals surface area contributed by atoms with Crippen LogP contribution in [0.15, 0.2) is 12.3 Å². The van der Waals surface area contributed by atoms with Gasteiger partial charge in [0.1, 0.15) is 0 Å². The highest BCUT2D eigenvalue weighted by molar-refractivity contribution is 6.39. The first-order chi connectivity index (χ1) is 7.68. The van der Waals surface area contributed by atoms with Crippen molar-refractivity contribution in [1.29, 1.82) is 0 Å². The number of nitrogens with zero attached hydrogens (tertiary/aromatic N) is 1. The van der Waals surface area contributed by atoms with E-state index in [2.05, 4.69) is 10.2 Å². The van der Waals surface area contributed by atoms with Crippen LogP contribution in [0.1, 0.15) is 22.3 Å². The van der Waals surface area contributed by atoms with Crippen LogP contribution in [0, 0.1) is 0 Å². The number of ketones is 1. The van der Waals surface area contributed by atoms with E-state index in [9.17, 15) is 9.18 Å². The molecule has 3 rings (SSSR count). The maximum Gasteiger partial charge on any atom is 0.198 e. The first kappa shape index (κ1) is 9.78. The number of fused-ring (bicyclic) bond motifs is 2. The van der Waals surface area contributed by atoms with Crippen LogP contribution in [0.25, 0.3) is 10.9 Å². The van der Waals surface area contributed by atoms with Crippen LogP contribution < -0.4 is 0 Å². The second kappa shape index (κ2) is 3.28. The Morgan fingerprint density at radius 2 is 2.38 bits per heavy atom. The Kier molecular flexibility index (Phi) is 2.01. The minimum absolute atomic E-state index is 0.238. The van der Waals surface area contributed by atoms with Crippen LogP contribution >= 0.6 is 11.6 Å². The first-order valence-electron chi connectivity index (χ1n) is 5.01. The number of halogens is 2. The van der Waals surface area contributed by atoms with Crippen molar-refractivity contribution in [2.45, 2.75) is 19.0 Å². The number of hydrogen-bond acceptors (Lipinski definition) is 2. The van der Waals surface area contributed by atoms with Gasteiger partial charge in [-0.2, -0.15) is 5.10 Å². The number of carbonyl (C=O) groups is 1. The number of alkyl halides is 1. The summed E-state index contributed by atoms with van der Waals surface area (Å²) >= 11 is 6.11. The van der Waals surface area contributed by atoms with Crippen LogP contribution in [0.5, 0.6) is 0 Å². The fourth-order valence-electron chi connectivity index (χ4n) is 2.14. The smallest absolute Gasteiger partial charge is 0.198 e. The molecule has 0 aliphatic heterocycles. The summed E-state index contributed by atoms with van der Waals surface area (Å²) in [6, 6.07) is 1.83. The third-order valence-electron chi connectivity index (χ3n) is 2.96. The average molecular weight is 239 g/mol. The van der Waals surface area contributed by atoms with Crippen molar-refractivity contribution < 1.29 is 9.18 Å². The molecule has 1 aromatic heterocycles. The fraction of sp³-hybridized carbons (Fsp3) is 0.273. The minimum Gasteiger partial charge on any atom is -0.291 e. The molecule has 0 saturated carbocycles. The standard InChI is InChI=1S/C11H8ClFN2O/c12-10-6-4-14-15-8(6)3-5-1-2-7(13)11(16)9(5)10/h3-4,7H,1-2H2,(H,14,15). The Morgan fingerprint density at radius 1 is 1.56 bits per heavy atom. The molecule has 1 atom stereocenters. The number of nitrogens with one attached hydrogen (secondary N) is 1. The lowest BCUT2D eigenvalue weighted by Gasteiger charge is -2.19. The summed E-state index contributed by atoms with van der Waals surface area (Å²) in [5, 5.41) is 7.64. The molecule has 5 heteroatoms. The van der Waals surface area contributed by atoms with E-state index in [1.807, 2.05) is 6.07 Å².